The van der Waals surface area contributed by atoms with E-state index in [-0.39, 0.29) is 11.7 Å². The highest BCUT2D eigenvalue weighted by Gasteiger charge is 2.20. The second-order valence-electron chi connectivity index (χ2n) is 6.79. The van der Waals surface area contributed by atoms with Crippen LogP contribution in [0.4, 0.5) is 0 Å². The zero-order chi connectivity index (χ0) is 19.1. The van der Waals surface area contributed by atoms with Crippen molar-refractivity contribution in [3.63, 3.8) is 0 Å². The Kier molecular flexibility index (Phi) is 6.54. The first kappa shape index (κ1) is 19.0. The number of benzene rings is 1. The molecule has 1 aliphatic heterocycles. The third kappa shape index (κ3) is 5.37. The van der Waals surface area contributed by atoms with Gasteiger partial charge in [-0.15, -0.1) is 0 Å². The quantitative estimate of drug-likeness (QED) is 0.783. The molecule has 3 rings (SSSR count). The lowest BCUT2D eigenvalue weighted by molar-refractivity contribution is 0.0907. The zero-order valence-corrected chi connectivity index (χ0v) is 15.6. The molecule has 1 unspecified atom stereocenters. The molecule has 1 atom stereocenters. The molecule has 1 saturated heterocycles. The van der Waals surface area contributed by atoms with Crippen molar-refractivity contribution in [2.24, 2.45) is 5.92 Å². The van der Waals surface area contributed by atoms with Gasteiger partial charge in [0, 0.05) is 19.6 Å². The predicted octanol–water partition coefficient (Wildman–Crippen LogP) is 3.15. The SMILES string of the molecule is COc1cc(/C=C/CN2CCCC(CNC(=O)c3ccco3)C2)ccc1O. The van der Waals surface area contributed by atoms with Crippen molar-refractivity contribution in [1.29, 1.82) is 0 Å². The minimum Gasteiger partial charge on any atom is -0.504 e. The van der Waals surface area contributed by atoms with E-state index in [1.165, 1.54) is 6.26 Å². The number of methoxy groups -OCH3 is 1. The normalized spacial score (nSPS) is 17.9. The Bertz CT molecular complexity index is 770. The Balaban J connectivity index is 1.46. The minimum atomic E-state index is -0.154. The molecule has 0 saturated carbocycles. The molecule has 2 heterocycles. The highest BCUT2D eigenvalue weighted by Crippen LogP contribution is 2.26. The number of furan rings is 1. The van der Waals surface area contributed by atoms with Crippen LogP contribution in [0.25, 0.3) is 6.08 Å². The summed E-state index contributed by atoms with van der Waals surface area (Å²) in [6.45, 7) is 3.54. The number of aromatic hydroxyl groups is 1. The number of hydrogen-bond donors (Lipinski definition) is 2. The average molecular weight is 370 g/mol. The lowest BCUT2D eigenvalue weighted by Gasteiger charge is -2.32. The van der Waals surface area contributed by atoms with Crippen LogP contribution in [0.15, 0.2) is 47.1 Å². The summed E-state index contributed by atoms with van der Waals surface area (Å²) in [6, 6.07) is 8.70. The summed E-state index contributed by atoms with van der Waals surface area (Å²) in [4.78, 5) is 14.4. The standard InChI is InChI=1S/C21H26N2O4/c1-26-20-13-16(8-9-18(20)24)5-2-10-23-11-3-6-17(15-23)14-22-21(25)19-7-4-12-27-19/h2,4-5,7-9,12-13,17,24H,3,6,10-11,14-15H2,1H3,(H,22,25)/b5-2+. The van der Waals surface area contributed by atoms with Crippen LogP contribution < -0.4 is 10.1 Å². The molecule has 1 amide bonds. The van der Waals surface area contributed by atoms with E-state index in [1.54, 1.807) is 25.3 Å². The molecule has 27 heavy (non-hydrogen) atoms. The first-order valence-corrected chi connectivity index (χ1v) is 9.23. The van der Waals surface area contributed by atoms with Gasteiger partial charge in [0.05, 0.1) is 13.4 Å². The smallest absolute Gasteiger partial charge is 0.286 e. The maximum Gasteiger partial charge on any atom is 0.286 e. The Morgan fingerprint density at radius 1 is 1.44 bits per heavy atom. The minimum absolute atomic E-state index is 0.144. The average Bonchev–Trinajstić information content (AvgIpc) is 3.23. The van der Waals surface area contributed by atoms with Crippen LogP contribution in [-0.2, 0) is 0 Å². The van der Waals surface area contributed by atoms with Gasteiger partial charge in [-0.1, -0.05) is 18.2 Å². The number of nitrogens with zero attached hydrogens (tertiary/aromatic N) is 1. The molecule has 0 aliphatic carbocycles. The zero-order valence-electron chi connectivity index (χ0n) is 15.6. The summed E-state index contributed by atoms with van der Waals surface area (Å²) in [5.41, 5.74) is 0.990. The number of rotatable bonds is 7. The highest BCUT2D eigenvalue weighted by molar-refractivity contribution is 5.91. The van der Waals surface area contributed by atoms with E-state index in [1.807, 2.05) is 18.2 Å². The largest absolute Gasteiger partial charge is 0.504 e. The van der Waals surface area contributed by atoms with Crippen molar-refractivity contribution in [3.8, 4) is 11.5 Å². The molecule has 6 heteroatoms. The van der Waals surface area contributed by atoms with Gasteiger partial charge in [0.2, 0.25) is 0 Å². The van der Waals surface area contributed by atoms with Crippen LogP contribution in [0.3, 0.4) is 0 Å². The number of nitrogens with one attached hydrogen (secondary N) is 1. The van der Waals surface area contributed by atoms with Crippen LogP contribution in [0.5, 0.6) is 11.5 Å². The molecule has 0 spiro atoms. The van der Waals surface area contributed by atoms with Gasteiger partial charge >= 0.3 is 0 Å². The van der Waals surface area contributed by atoms with Crippen molar-refractivity contribution in [2.45, 2.75) is 12.8 Å². The molecule has 144 valence electrons. The van der Waals surface area contributed by atoms with Gasteiger partial charge in [-0.2, -0.15) is 0 Å². The summed E-state index contributed by atoms with van der Waals surface area (Å²) in [5, 5.41) is 12.6. The Morgan fingerprint density at radius 3 is 3.11 bits per heavy atom. The second-order valence-corrected chi connectivity index (χ2v) is 6.79. The van der Waals surface area contributed by atoms with Crippen LogP contribution in [0, 0.1) is 5.92 Å². The molecule has 1 aromatic heterocycles. The number of amides is 1. The molecule has 1 aromatic carbocycles. The Hall–Kier alpha value is -2.73. The molecular formula is C21H26N2O4. The number of piperidine rings is 1. The maximum atomic E-state index is 12.0. The number of carbonyl (C=O) groups excluding carboxylic acids is 1. The summed E-state index contributed by atoms with van der Waals surface area (Å²) < 4.78 is 10.3. The molecule has 2 N–H and O–H groups in total. The lowest BCUT2D eigenvalue weighted by atomic mass is 9.98. The monoisotopic (exact) mass is 370 g/mol. The van der Waals surface area contributed by atoms with E-state index in [0.29, 0.717) is 24.0 Å². The molecule has 1 fully saturated rings. The molecule has 6 nitrogen and oxygen atoms in total. The van der Waals surface area contributed by atoms with E-state index in [0.717, 1.165) is 38.0 Å². The first-order chi connectivity index (χ1) is 13.2. The molecule has 1 aliphatic rings. The van der Waals surface area contributed by atoms with Crippen LogP contribution in [0.2, 0.25) is 0 Å². The second kappa shape index (κ2) is 9.28. The van der Waals surface area contributed by atoms with E-state index in [2.05, 4.69) is 16.3 Å². The van der Waals surface area contributed by atoms with E-state index >= 15 is 0 Å². The summed E-state index contributed by atoms with van der Waals surface area (Å²) in [6.07, 6.45) is 7.91. The number of carbonyl (C=O) groups is 1. The summed E-state index contributed by atoms with van der Waals surface area (Å²) in [7, 11) is 1.54. The Morgan fingerprint density at radius 2 is 2.33 bits per heavy atom. The number of likely N-dealkylation sites (tertiary alicyclic amines) is 1. The van der Waals surface area contributed by atoms with Gasteiger partial charge in [-0.3, -0.25) is 9.69 Å². The van der Waals surface area contributed by atoms with E-state index in [4.69, 9.17) is 9.15 Å². The van der Waals surface area contributed by atoms with Crippen LogP contribution in [0.1, 0.15) is 29.0 Å². The van der Waals surface area contributed by atoms with Gasteiger partial charge in [0.15, 0.2) is 17.3 Å². The molecule has 2 aromatic rings. The number of phenolic OH excluding ortho intramolecular Hbond substituents is 1. The molecule has 0 bridgehead atoms. The fourth-order valence-corrected chi connectivity index (χ4v) is 3.35. The topological polar surface area (TPSA) is 74.9 Å². The van der Waals surface area contributed by atoms with Crippen molar-refractivity contribution in [1.82, 2.24) is 10.2 Å². The fourth-order valence-electron chi connectivity index (χ4n) is 3.35. The van der Waals surface area contributed by atoms with Crippen molar-refractivity contribution >= 4 is 12.0 Å². The van der Waals surface area contributed by atoms with Gasteiger partial charge in [-0.25, -0.2) is 0 Å². The fraction of sp³-hybridized carbons (Fsp3) is 0.381. The summed E-state index contributed by atoms with van der Waals surface area (Å²) in [5.74, 6) is 1.26. The third-order valence-electron chi connectivity index (χ3n) is 4.78. The number of hydrogen-bond acceptors (Lipinski definition) is 5. The van der Waals surface area contributed by atoms with Gasteiger partial charge in [-0.05, 0) is 55.1 Å². The maximum absolute atomic E-state index is 12.0. The predicted molar refractivity (Wildman–Crippen MR) is 104 cm³/mol. The van der Waals surface area contributed by atoms with Crippen molar-refractivity contribution in [3.05, 3.63) is 54.0 Å². The van der Waals surface area contributed by atoms with Gasteiger partial charge < -0.3 is 19.6 Å². The highest BCUT2D eigenvalue weighted by atomic mass is 16.5. The first-order valence-electron chi connectivity index (χ1n) is 9.23. The van der Waals surface area contributed by atoms with Crippen molar-refractivity contribution in [2.75, 3.05) is 33.3 Å². The molecule has 0 radical (unpaired) electrons. The van der Waals surface area contributed by atoms with Crippen LogP contribution >= 0.6 is 0 Å². The van der Waals surface area contributed by atoms with Gasteiger partial charge in [0.1, 0.15) is 0 Å². The van der Waals surface area contributed by atoms with E-state index < -0.39 is 0 Å². The third-order valence-corrected chi connectivity index (χ3v) is 4.78. The number of phenols is 1. The summed E-state index contributed by atoms with van der Waals surface area (Å²) >= 11 is 0. The molecular weight excluding hydrogens is 344 g/mol. The Labute approximate surface area is 159 Å². The van der Waals surface area contributed by atoms with Gasteiger partial charge in [0.25, 0.3) is 5.91 Å². The lowest BCUT2D eigenvalue weighted by Crippen LogP contribution is -2.40. The van der Waals surface area contributed by atoms with Crippen molar-refractivity contribution < 1.29 is 19.1 Å². The van der Waals surface area contributed by atoms with E-state index in [9.17, 15) is 9.90 Å². The number of ether oxygens (including phenoxy) is 1. The van der Waals surface area contributed by atoms with Crippen LogP contribution in [-0.4, -0.2) is 49.2 Å².